The van der Waals surface area contributed by atoms with E-state index >= 15 is 0 Å². The predicted octanol–water partition coefficient (Wildman–Crippen LogP) is 3.91. The Morgan fingerprint density at radius 1 is 0.958 bits per heavy atom. The lowest BCUT2D eigenvalue weighted by atomic mass is 10.2. The fourth-order valence-electron chi connectivity index (χ4n) is 2.83. The second-order valence-electron chi connectivity index (χ2n) is 5.53. The standard InChI is InChI=1S/C19H18N4O/c1-3-17-20-16-8-6-5-7-15(16)19-21-18(22-23(17)19)13-9-11-14(12-10-13)24-4-2/h5-12H,3-4H2,1-2H3. The van der Waals surface area contributed by atoms with Crippen molar-refractivity contribution in [3.63, 3.8) is 0 Å². The molecule has 0 aliphatic carbocycles. The van der Waals surface area contributed by atoms with Crippen LogP contribution in [0.15, 0.2) is 48.5 Å². The van der Waals surface area contributed by atoms with Crippen LogP contribution in [0.2, 0.25) is 0 Å². The van der Waals surface area contributed by atoms with Gasteiger partial charge in [0.25, 0.3) is 0 Å². The lowest BCUT2D eigenvalue weighted by Gasteiger charge is -2.03. The highest BCUT2D eigenvalue weighted by Crippen LogP contribution is 2.24. The number of nitrogens with zero attached hydrogens (tertiary/aromatic N) is 4. The van der Waals surface area contributed by atoms with Crippen LogP contribution in [-0.2, 0) is 6.42 Å². The first-order valence-corrected chi connectivity index (χ1v) is 8.17. The first-order valence-electron chi connectivity index (χ1n) is 8.17. The molecule has 0 bridgehead atoms. The fourth-order valence-corrected chi connectivity index (χ4v) is 2.83. The molecule has 0 atom stereocenters. The minimum absolute atomic E-state index is 0.656. The van der Waals surface area contributed by atoms with Crippen molar-refractivity contribution in [1.29, 1.82) is 0 Å². The lowest BCUT2D eigenvalue weighted by Crippen LogP contribution is -2.02. The van der Waals surface area contributed by atoms with Gasteiger partial charge in [-0.15, -0.1) is 5.10 Å². The minimum atomic E-state index is 0.656. The molecule has 0 fully saturated rings. The van der Waals surface area contributed by atoms with Gasteiger partial charge in [-0.3, -0.25) is 0 Å². The SMILES string of the molecule is CCOc1ccc(-c2nc3c4ccccc4nc(CC)n3n2)cc1. The quantitative estimate of drug-likeness (QED) is 0.572. The van der Waals surface area contributed by atoms with Gasteiger partial charge in [0.1, 0.15) is 11.6 Å². The molecule has 5 heteroatoms. The zero-order chi connectivity index (χ0) is 16.5. The average Bonchev–Trinajstić information content (AvgIpc) is 3.07. The van der Waals surface area contributed by atoms with Crippen LogP contribution in [0, 0.1) is 0 Å². The molecule has 2 heterocycles. The maximum atomic E-state index is 5.49. The maximum Gasteiger partial charge on any atom is 0.182 e. The number of hydrogen-bond donors (Lipinski definition) is 0. The summed E-state index contributed by atoms with van der Waals surface area (Å²) in [5.74, 6) is 2.46. The zero-order valence-electron chi connectivity index (χ0n) is 13.7. The van der Waals surface area contributed by atoms with Crippen LogP contribution in [-0.4, -0.2) is 26.2 Å². The van der Waals surface area contributed by atoms with Crippen LogP contribution in [0.5, 0.6) is 5.75 Å². The van der Waals surface area contributed by atoms with E-state index in [1.807, 2.05) is 60.0 Å². The van der Waals surface area contributed by atoms with Gasteiger partial charge in [0, 0.05) is 17.4 Å². The maximum absolute atomic E-state index is 5.49. The van der Waals surface area contributed by atoms with Crippen LogP contribution in [0.1, 0.15) is 19.7 Å². The van der Waals surface area contributed by atoms with E-state index in [9.17, 15) is 0 Å². The molecule has 0 saturated heterocycles. The monoisotopic (exact) mass is 318 g/mol. The third-order valence-corrected chi connectivity index (χ3v) is 3.99. The largest absolute Gasteiger partial charge is 0.494 e. The van der Waals surface area contributed by atoms with Crippen LogP contribution >= 0.6 is 0 Å². The molecule has 0 amide bonds. The van der Waals surface area contributed by atoms with Gasteiger partial charge in [-0.25, -0.2) is 9.97 Å². The fraction of sp³-hybridized carbons (Fsp3) is 0.211. The summed E-state index contributed by atoms with van der Waals surface area (Å²) in [4.78, 5) is 9.47. The number of fused-ring (bicyclic) bond motifs is 3. The molecular weight excluding hydrogens is 300 g/mol. The number of aryl methyl sites for hydroxylation is 1. The first kappa shape index (κ1) is 14.6. The van der Waals surface area contributed by atoms with E-state index in [0.717, 1.165) is 40.1 Å². The molecule has 0 spiro atoms. The van der Waals surface area contributed by atoms with Crippen molar-refractivity contribution < 1.29 is 4.74 Å². The molecule has 5 nitrogen and oxygen atoms in total. The minimum Gasteiger partial charge on any atom is -0.494 e. The van der Waals surface area contributed by atoms with E-state index < -0.39 is 0 Å². The Balaban J connectivity index is 1.89. The van der Waals surface area contributed by atoms with E-state index in [1.165, 1.54) is 0 Å². The number of aromatic nitrogens is 4. The van der Waals surface area contributed by atoms with Gasteiger partial charge in [0.05, 0.1) is 12.1 Å². The number of rotatable bonds is 4. The Labute approximate surface area is 139 Å². The molecule has 4 rings (SSSR count). The molecule has 24 heavy (non-hydrogen) atoms. The molecule has 120 valence electrons. The highest BCUT2D eigenvalue weighted by Gasteiger charge is 2.13. The van der Waals surface area contributed by atoms with Crippen molar-refractivity contribution in [3.05, 3.63) is 54.4 Å². The summed E-state index contributed by atoms with van der Waals surface area (Å²) in [5, 5.41) is 5.70. The predicted molar refractivity (Wildman–Crippen MR) is 94.3 cm³/mol. The Bertz CT molecular complexity index is 1010. The summed E-state index contributed by atoms with van der Waals surface area (Å²) < 4.78 is 7.35. The third kappa shape index (κ3) is 2.38. The summed E-state index contributed by atoms with van der Waals surface area (Å²) in [7, 11) is 0. The molecule has 0 unspecified atom stereocenters. The van der Waals surface area contributed by atoms with Crippen LogP contribution in [0.3, 0.4) is 0 Å². The van der Waals surface area contributed by atoms with Gasteiger partial charge in [-0.2, -0.15) is 4.52 Å². The zero-order valence-corrected chi connectivity index (χ0v) is 13.7. The van der Waals surface area contributed by atoms with Gasteiger partial charge in [0.2, 0.25) is 0 Å². The Morgan fingerprint density at radius 2 is 1.75 bits per heavy atom. The normalized spacial score (nSPS) is 11.2. The van der Waals surface area contributed by atoms with Gasteiger partial charge in [0.15, 0.2) is 11.5 Å². The molecule has 0 aliphatic rings. The van der Waals surface area contributed by atoms with E-state index in [1.54, 1.807) is 0 Å². The molecule has 4 aromatic rings. The number of para-hydroxylation sites is 1. The molecule has 2 aromatic heterocycles. The van der Waals surface area contributed by atoms with Crippen molar-refractivity contribution in [2.45, 2.75) is 20.3 Å². The molecule has 0 saturated carbocycles. The van der Waals surface area contributed by atoms with Crippen molar-refractivity contribution in [2.24, 2.45) is 0 Å². The number of ether oxygens (including phenoxy) is 1. The van der Waals surface area contributed by atoms with Gasteiger partial charge in [-0.1, -0.05) is 19.1 Å². The van der Waals surface area contributed by atoms with E-state index in [-0.39, 0.29) is 0 Å². The summed E-state index contributed by atoms with van der Waals surface area (Å²) >= 11 is 0. The molecular formula is C19H18N4O. The average molecular weight is 318 g/mol. The molecule has 0 N–H and O–H groups in total. The van der Waals surface area contributed by atoms with Crippen molar-refractivity contribution in [1.82, 2.24) is 19.6 Å². The smallest absolute Gasteiger partial charge is 0.182 e. The second kappa shape index (κ2) is 5.92. The van der Waals surface area contributed by atoms with Gasteiger partial charge < -0.3 is 4.74 Å². The highest BCUT2D eigenvalue weighted by molar-refractivity contribution is 5.91. The van der Waals surface area contributed by atoms with Crippen LogP contribution in [0.4, 0.5) is 0 Å². The summed E-state index contributed by atoms with van der Waals surface area (Å²) in [5.41, 5.74) is 2.77. The topological polar surface area (TPSA) is 52.3 Å². The number of benzene rings is 2. The van der Waals surface area contributed by atoms with E-state index in [4.69, 9.17) is 14.7 Å². The summed E-state index contributed by atoms with van der Waals surface area (Å²) in [6, 6.07) is 15.9. The van der Waals surface area contributed by atoms with Gasteiger partial charge >= 0.3 is 0 Å². The summed E-state index contributed by atoms with van der Waals surface area (Å²) in [6.45, 7) is 4.71. The van der Waals surface area contributed by atoms with E-state index in [2.05, 4.69) is 12.0 Å². The van der Waals surface area contributed by atoms with Crippen molar-refractivity contribution >= 4 is 16.6 Å². The van der Waals surface area contributed by atoms with Crippen molar-refractivity contribution in [3.8, 4) is 17.1 Å². The molecule has 0 aliphatic heterocycles. The molecule has 2 aromatic carbocycles. The Kier molecular flexibility index (Phi) is 3.61. The first-order chi connectivity index (χ1) is 11.8. The highest BCUT2D eigenvalue weighted by atomic mass is 16.5. The summed E-state index contributed by atoms with van der Waals surface area (Å²) in [6.07, 6.45) is 0.799. The van der Waals surface area contributed by atoms with Gasteiger partial charge in [-0.05, 0) is 43.3 Å². The Morgan fingerprint density at radius 3 is 2.50 bits per heavy atom. The molecule has 0 radical (unpaired) electrons. The third-order valence-electron chi connectivity index (χ3n) is 3.99. The van der Waals surface area contributed by atoms with E-state index in [0.29, 0.717) is 12.4 Å². The number of hydrogen-bond acceptors (Lipinski definition) is 4. The van der Waals surface area contributed by atoms with Crippen molar-refractivity contribution in [2.75, 3.05) is 6.61 Å². The van der Waals surface area contributed by atoms with Crippen LogP contribution < -0.4 is 4.74 Å². The van der Waals surface area contributed by atoms with Crippen LogP contribution in [0.25, 0.3) is 27.9 Å². The Hall–Kier alpha value is -2.95. The second-order valence-corrected chi connectivity index (χ2v) is 5.53. The lowest BCUT2D eigenvalue weighted by molar-refractivity contribution is 0.340.